The Morgan fingerprint density at radius 1 is 1.13 bits per heavy atom. The van der Waals surface area contributed by atoms with Gasteiger partial charge in [-0.25, -0.2) is 4.39 Å². The van der Waals surface area contributed by atoms with Crippen LogP contribution in [0, 0.1) is 34.5 Å². The monoisotopic (exact) mass is 649 g/mol. The number of ether oxygens (including phenoxy) is 2. The molecular formula is C38H48FNO7. The van der Waals surface area contributed by atoms with E-state index >= 15 is 4.39 Å². The molecule has 9 heteroatoms. The molecular weight excluding hydrogens is 601 g/mol. The first kappa shape index (κ1) is 33.7. The van der Waals surface area contributed by atoms with Crippen molar-refractivity contribution in [3.05, 3.63) is 53.6 Å². The van der Waals surface area contributed by atoms with Crippen LogP contribution in [0.5, 0.6) is 0 Å². The number of carbonyl (C=O) groups is 4. The number of aliphatic hydroxyl groups is 1. The average molecular weight is 650 g/mol. The highest BCUT2D eigenvalue weighted by molar-refractivity contribution is 6.01. The van der Waals surface area contributed by atoms with E-state index < -0.39 is 57.9 Å². The van der Waals surface area contributed by atoms with Crippen LogP contribution in [0.2, 0.25) is 0 Å². The van der Waals surface area contributed by atoms with Gasteiger partial charge in [0.15, 0.2) is 18.1 Å². The number of para-hydroxylation sites is 1. The number of alkyl halides is 1. The van der Waals surface area contributed by atoms with Gasteiger partial charge in [-0.15, -0.1) is 0 Å². The molecule has 0 radical (unpaired) electrons. The molecule has 4 fully saturated rings. The number of benzene rings is 1. The minimum absolute atomic E-state index is 0.0133. The molecule has 1 aromatic rings. The number of methoxy groups -OCH3 is 1. The summed E-state index contributed by atoms with van der Waals surface area (Å²) in [5, 5.41) is 14.7. The first-order valence-electron chi connectivity index (χ1n) is 17.1. The lowest BCUT2D eigenvalue weighted by Crippen LogP contribution is -2.69. The number of ketones is 2. The number of rotatable bonds is 9. The van der Waals surface area contributed by atoms with Crippen LogP contribution in [0.25, 0.3) is 0 Å². The molecule has 1 amide bonds. The largest absolute Gasteiger partial charge is 0.457 e. The zero-order chi connectivity index (χ0) is 34.2. The number of halogens is 1. The fraction of sp³-hybridized carbons (Fsp3) is 0.632. The Labute approximate surface area is 276 Å². The van der Waals surface area contributed by atoms with E-state index in [2.05, 4.69) is 5.32 Å². The van der Waals surface area contributed by atoms with Crippen molar-refractivity contribution in [3.8, 4) is 0 Å². The van der Waals surface area contributed by atoms with Gasteiger partial charge in [-0.05, 0) is 87.0 Å². The number of carbonyl (C=O) groups excluding carboxylic acids is 4. The van der Waals surface area contributed by atoms with Crippen molar-refractivity contribution in [2.75, 3.05) is 19.0 Å². The molecule has 5 aliphatic carbocycles. The molecule has 5 aliphatic rings. The van der Waals surface area contributed by atoms with Crippen molar-refractivity contribution in [2.24, 2.45) is 34.5 Å². The summed E-state index contributed by atoms with van der Waals surface area (Å²) in [5.74, 6) is -2.24. The first-order chi connectivity index (χ1) is 22.1. The van der Waals surface area contributed by atoms with Crippen molar-refractivity contribution < 1.29 is 38.1 Å². The minimum Gasteiger partial charge on any atom is -0.457 e. The highest BCUT2D eigenvalue weighted by Gasteiger charge is 2.76. The Balaban J connectivity index is 1.24. The summed E-state index contributed by atoms with van der Waals surface area (Å²) in [6.45, 7) is 9.02. The SMILES string of the molecule is CO[C@]1(C(=O)COC(=O)C2(c3ccccc3NC(=O)CC(C)C)CC2)[C@H](C)C[C@H]2[C@@H]3CCC4=CC(=O)C=C[C@]4(C)[C@@]3(F)[C@@H](O)C[C@@]21C. The summed E-state index contributed by atoms with van der Waals surface area (Å²) in [7, 11) is 1.48. The van der Waals surface area contributed by atoms with Gasteiger partial charge >= 0.3 is 5.97 Å². The molecule has 6 rings (SSSR count). The summed E-state index contributed by atoms with van der Waals surface area (Å²) < 4.78 is 29.6. The number of allylic oxidation sites excluding steroid dienone is 4. The van der Waals surface area contributed by atoms with Crippen LogP contribution < -0.4 is 5.32 Å². The minimum atomic E-state index is -2.02. The van der Waals surface area contributed by atoms with E-state index in [0.29, 0.717) is 55.3 Å². The first-order valence-corrected chi connectivity index (χ1v) is 17.1. The normalized spacial score (nSPS) is 38.1. The van der Waals surface area contributed by atoms with E-state index in [4.69, 9.17) is 9.47 Å². The van der Waals surface area contributed by atoms with Crippen LogP contribution in [0.3, 0.4) is 0 Å². The molecule has 8 nitrogen and oxygen atoms in total. The molecule has 0 unspecified atom stereocenters. The average Bonchev–Trinajstić information content (AvgIpc) is 3.78. The van der Waals surface area contributed by atoms with E-state index in [1.807, 2.05) is 39.8 Å². The molecule has 1 aromatic carbocycles. The maximum atomic E-state index is 17.6. The van der Waals surface area contributed by atoms with Gasteiger partial charge in [0.2, 0.25) is 11.7 Å². The molecule has 47 heavy (non-hydrogen) atoms. The summed E-state index contributed by atoms with van der Waals surface area (Å²) >= 11 is 0. The van der Waals surface area contributed by atoms with Crippen LogP contribution in [-0.2, 0) is 34.1 Å². The highest BCUT2D eigenvalue weighted by Crippen LogP contribution is 2.71. The van der Waals surface area contributed by atoms with Crippen molar-refractivity contribution in [1.82, 2.24) is 0 Å². The third-order valence-electron chi connectivity index (χ3n) is 12.7. The van der Waals surface area contributed by atoms with Crippen molar-refractivity contribution in [2.45, 2.75) is 102 Å². The van der Waals surface area contributed by atoms with Gasteiger partial charge < -0.3 is 19.9 Å². The fourth-order valence-electron chi connectivity index (χ4n) is 10.3. The van der Waals surface area contributed by atoms with Gasteiger partial charge in [0.25, 0.3) is 0 Å². The summed E-state index contributed by atoms with van der Waals surface area (Å²) in [4.78, 5) is 52.8. The van der Waals surface area contributed by atoms with Gasteiger partial charge in [-0.3, -0.25) is 19.2 Å². The van der Waals surface area contributed by atoms with Crippen LogP contribution in [-0.4, -0.2) is 59.6 Å². The van der Waals surface area contributed by atoms with Crippen molar-refractivity contribution in [1.29, 1.82) is 0 Å². The number of nitrogens with one attached hydrogen (secondary N) is 1. The maximum absolute atomic E-state index is 17.6. The standard InChI is InChI=1S/C38H48FNO7/c1-22(2)17-32(44)40-29-10-8-7-9-27(29)36(15-16-36)33(45)47-21-31(43)38(46-6)23(3)18-28-26-12-11-24-19-25(41)13-14-34(24,4)37(26,39)30(42)20-35(28,38)5/h7-10,13-14,19,22-23,26,28,30,42H,11-12,15-18,20-21H2,1-6H3,(H,40,44)/t23-,26+,28+,30+,34+,35+,37+,38+/m1/s1. The predicted molar refractivity (Wildman–Crippen MR) is 174 cm³/mol. The van der Waals surface area contributed by atoms with E-state index in [1.165, 1.54) is 19.3 Å². The number of aliphatic hydroxyl groups excluding tert-OH is 1. The Hall–Kier alpha value is -3.17. The molecule has 2 N–H and O–H groups in total. The van der Waals surface area contributed by atoms with Gasteiger partial charge in [0, 0.05) is 36.0 Å². The molecule has 0 spiro atoms. The van der Waals surface area contributed by atoms with Crippen LogP contribution in [0.4, 0.5) is 10.1 Å². The molecule has 0 aromatic heterocycles. The lowest BCUT2D eigenvalue weighted by atomic mass is 9.44. The molecule has 0 bridgehead atoms. The number of fused-ring (bicyclic) bond motifs is 5. The second-order valence-corrected chi connectivity index (χ2v) is 15.6. The molecule has 0 aliphatic heterocycles. The van der Waals surface area contributed by atoms with E-state index in [9.17, 15) is 24.3 Å². The van der Waals surface area contributed by atoms with E-state index in [-0.39, 0.29) is 35.9 Å². The van der Waals surface area contributed by atoms with Gasteiger partial charge in [-0.2, -0.15) is 0 Å². The lowest BCUT2D eigenvalue weighted by molar-refractivity contribution is -0.224. The molecule has 0 saturated heterocycles. The van der Waals surface area contributed by atoms with Gasteiger partial charge in [-0.1, -0.05) is 57.5 Å². The number of amides is 1. The number of hydrogen-bond donors (Lipinski definition) is 2. The lowest BCUT2D eigenvalue weighted by Gasteiger charge is -2.63. The fourth-order valence-corrected chi connectivity index (χ4v) is 10.3. The quantitative estimate of drug-likeness (QED) is 0.324. The maximum Gasteiger partial charge on any atom is 0.317 e. The third kappa shape index (κ3) is 4.73. The van der Waals surface area contributed by atoms with Crippen LogP contribution in [0.1, 0.15) is 85.1 Å². The van der Waals surface area contributed by atoms with Gasteiger partial charge in [0.05, 0.1) is 11.5 Å². The summed E-state index contributed by atoms with van der Waals surface area (Å²) in [6, 6.07) is 7.21. The van der Waals surface area contributed by atoms with E-state index in [1.54, 1.807) is 25.1 Å². The molecule has 4 saturated carbocycles. The second-order valence-electron chi connectivity index (χ2n) is 15.6. The summed E-state index contributed by atoms with van der Waals surface area (Å²) in [6.07, 6.45) is 6.01. The molecule has 0 heterocycles. The Kier molecular flexibility index (Phi) is 8.23. The highest BCUT2D eigenvalue weighted by atomic mass is 19.1. The van der Waals surface area contributed by atoms with Crippen LogP contribution in [0.15, 0.2) is 48.1 Å². The predicted octanol–water partition coefficient (Wildman–Crippen LogP) is 5.82. The Bertz CT molecular complexity index is 1560. The number of anilines is 1. The third-order valence-corrected chi connectivity index (χ3v) is 12.7. The summed E-state index contributed by atoms with van der Waals surface area (Å²) in [5.41, 5.74) is -4.51. The number of esters is 1. The zero-order valence-electron chi connectivity index (χ0n) is 28.4. The number of Topliss-reactive ketones (excluding diaryl/α,β-unsaturated/α-hetero) is 1. The van der Waals surface area contributed by atoms with Crippen molar-refractivity contribution in [3.63, 3.8) is 0 Å². The topological polar surface area (TPSA) is 119 Å². The van der Waals surface area contributed by atoms with Crippen molar-refractivity contribution >= 4 is 29.1 Å². The zero-order valence-corrected chi connectivity index (χ0v) is 28.4. The number of hydrogen-bond acceptors (Lipinski definition) is 7. The second kappa shape index (κ2) is 11.5. The molecule has 254 valence electrons. The van der Waals surface area contributed by atoms with Crippen LogP contribution >= 0.6 is 0 Å². The Morgan fingerprint density at radius 3 is 2.49 bits per heavy atom. The van der Waals surface area contributed by atoms with E-state index in [0.717, 1.165) is 0 Å². The molecule has 8 atom stereocenters. The Morgan fingerprint density at radius 2 is 1.83 bits per heavy atom. The smallest absolute Gasteiger partial charge is 0.317 e. The van der Waals surface area contributed by atoms with Gasteiger partial charge in [0.1, 0.15) is 5.60 Å².